The van der Waals surface area contributed by atoms with E-state index in [0.717, 1.165) is 21.5 Å². The first kappa shape index (κ1) is 21.6. The van der Waals surface area contributed by atoms with Crippen molar-refractivity contribution in [1.82, 2.24) is 0 Å². The lowest BCUT2D eigenvalue weighted by Crippen LogP contribution is -1.90. The summed E-state index contributed by atoms with van der Waals surface area (Å²) in [5, 5.41) is 25.5. The molecule has 0 heterocycles. The predicted octanol–water partition coefficient (Wildman–Crippen LogP) is 8.66. The van der Waals surface area contributed by atoms with Crippen LogP contribution in [0.25, 0.3) is 32.7 Å². The van der Waals surface area contributed by atoms with E-state index in [1.165, 1.54) is 0 Å². The fourth-order valence-electron chi connectivity index (χ4n) is 4.48. The molecule has 6 aromatic rings. The van der Waals surface area contributed by atoms with Crippen LogP contribution in [-0.2, 0) is 0 Å². The molecule has 0 saturated carbocycles. The van der Waals surface area contributed by atoms with E-state index in [9.17, 15) is 10.2 Å². The Balaban J connectivity index is 1.53. The van der Waals surface area contributed by atoms with Gasteiger partial charge in [-0.1, -0.05) is 60.7 Å². The summed E-state index contributed by atoms with van der Waals surface area (Å²) in [5.41, 5.74) is 1.07. The van der Waals surface area contributed by atoms with E-state index in [4.69, 9.17) is 9.47 Å². The average molecular weight is 471 g/mol. The summed E-state index contributed by atoms with van der Waals surface area (Å²) in [5.74, 6) is 2.83. The smallest absolute Gasteiger partial charge is 0.128 e. The summed E-state index contributed by atoms with van der Waals surface area (Å²) in [4.78, 5) is 0. The Bertz CT molecular complexity index is 1560. The van der Waals surface area contributed by atoms with E-state index in [2.05, 4.69) is 0 Å². The van der Waals surface area contributed by atoms with Gasteiger partial charge in [-0.3, -0.25) is 0 Å². The largest absolute Gasteiger partial charge is 0.507 e. The predicted molar refractivity (Wildman–Crippen MR) is 143 cm³/mol. The quantitative estimate of drug-likeness (QED) is 0.265. The lowest BCUT2D eigenvalue weighted by molar-refractivity contribution is 0.470. The van der Waals surface area contributed by atoms with Crippen molar-refractivity contribution >= 4 is 21.5 Å². The molecule has 0 saturated heterocycles. The molecule has 0 fully saturated rings. The lowest BCUT2D eigenvalue weighted by Gasteiger charge is -2.16. The van der Waals surface area contributed by atoms with Crippen molar-refractivity contribution in [2.24, 2.45) is 0 Å². The number of ether oxygens (including phenoxy) is 2. The van der Waals surface area contributed by atoms with Crippen molar-refractivity contribution in [2.75, 3.05) is 0 Å². The van der Waals surface area contributed by atoms with E-state index in [0.29, 0.717) is 34.1 Å². The van der Waals surface area contributed by atoms with Gasteiger partial charge >= 0.3 is 0 Å². The zero-order chi connectivity index (χ0) is 24.5. The molecule has 36 heavy (non-hydrogen) atoms. The number of aromatic hydroxyl groups is 2. The molecule has 0 unspecified atom stereocenters. The first-order chi connectivity index (χ1) is 17.7. The van der Waals surface area contributed by atoms with Gasteiger partial charge in [0.1, 0.15) is 34.5 Å². The van der Waals surface area contributed by atoms with Crippen LogP contribution in [0.2, 0.25) is 0 Å². The third-order valence-corrected chi connectivity index (χ3v) is 6.15. The minimum atomic E-state index is 0.0662. The molecule has 0 bridgehead atoms. The number of hydrogen-bond donors (Lipinski definition) is 2. The number of phenols is 2. The number of fused-ring (bicyclic) bond motifs is 2. The van der Waals surface area contributed by atoms with Crippen LogP contribution < -0.4 is 9.47 Å². The highest BCUT2D eigenvalue weighted by molar-refractivity contribution is 6.10. The van der Waals surface area contributed by atoms with Crippen LogP contribution in [0.4, 0.5) is 0 Å². The molecule has 0 atom stereocenters. The molecule has 2 N–H and O–H groups in total. The molecule has 6 aromatic carbocycles. The van der Waals surface area contributed by atoms with Crippen LogP contribution in [0.3, 0.4) is 0 Å². The third-order valence-electron chi connectivity index (χ3n) is 6.15. The van der Waals surface area contributed by atoms with Gasteiger partial charge < -0.3 is 19.7 Å². The lowest BCUT2D eigenvalue weighted by atomic mass is 9.92. The SMILES string of the molecule is Oc1ccc2ccc(Oc3ccccc3)cc2c1-c1c(O)ccc2ccc(Oc3ccccc3)cc12. The fraction of sp³-hybridized carbons (Fsp3) is 0. The average Bonchev–Trinajstić information content (AvgIpc) is 2.90. The van der Waals surface area contributed by atoms with Gasteiger partial charge in [0.25, 0.3) is 0 Å². The maximum absolute atomic E-state index is 11.0. The van der Waals surface area contributed by atoms with Gasteiger partial charge in [0.15, 0.2) is 0 Å². The molecular weight excluding hydrogens is 448 g/mol. The Morgan fingerprint density at radius 2 is 0.778 bits per heavy atom. The van der Waals surface area contributed by atoms with Crippen molar-refractivity contribution in [2.45, 2.75) is 0 Å². The van der Waals surface area contributed by atoms with Crippen LogP contribution >= 0.6 is 0 Å². The molecule has 174 valence electrons. The third kappa shape index (κ3) is 4.05. The van der Waals surface area contributed by atoms with Crippen molar-refractivity contribution < 1.29 is 19.7 Å². The van der Waals surface area contributed by atoms with Gasteiger partial charge in [0.2, 0.25) is 0 Å². The van der Waals surface area contributed by atoms with Crippen molar-refractivity contribution in [3.05, 3.63) is 121 Å². The molecule has 4 heteroatoms. The summed E-state index contributed by atoms with van der Waals surface area (Å²) in [6.07, 6.45) is 0. The number of rotatable bonds is 5. The van der Waals surface area contributed by atoms with E-state index in [-0.39, 0.29) is 11.5 Å². The highest BCUT2D eigenvalue weighted by atomic mass is 16.5. The van der Waals surface area contributed by atoms with Gasteiger partial charge in [-0.05, 0) is 82.2 Å². The molecular formula is C32H22O4. The first-order valence-electron chi connectivity index (χ1n) is 11.6. The Kier molecular flexibility index (Phi) is 5.39. The minimum Gasteiger partial charge on any atom is -0.507 e. The fourth-order valence-corrected chi connectivity index (χ4v) is 4.48. The van der Waals surface area contributed by atoms with E-state index in [1.807, 2.05) is 109 Å². The molecule has 0 aliphatic carbocycles. The number of phenolic OH excluding ortho intramolecular Hbond substituents is 2. The monoisotopic (exact) mass is 470 g/mol. The summed E-state index contributed by atoms with van der Waals surface area (Å²) in [6.45, 7) is 0. The molecule has 0 amide bonds. The molecule has 0 radical (unpaired) electrons. The van der Waals surface area contributed by atoms with Crippen molar-refractivity contribution in [3.63, 3.8) is 0 Å². The molecule has 0 aliphatic heterocycles. The second-order valence-corrected chi connectivity index (χ2v) is 8.52. The maximum Gasteiger partial charge on any atom is 0.128 e. The van der Waals surface area contributed by atoms with Crippen LogP contribution in [0.5, 0.6) is 34.5 Å². The topological polar surface area (TPSA) is 58.9 Å². The van der Waals surface area contributed by atoms with Crippen molar-refractivity contribution in [1.29, 1.82) is 0 Å². The number of para-hydroxylation sites is 2. The zero-order valence-electron chi connectivity index (χ0n) is 19.3. The van der Waals surface area contributed by atoms with Gasteiger partial charge in [-0.25, -0.2) is 0 Å². The minimum absolute atomic E-state index is 0.0662. The van der Waals surface area contributed by atoms with E-state index >= 15 is 0 Å². The normalized spacial score (nSPS) is 11.0. The highest BCUT2D eigenvalue weighted by Crippen LogP contribution is 2.46. The highest BCUT2D eigenvalue weighted by Gasteiger charge is 2.18. The second kappa shape index (κ2) is 9.01. The first-order valence-corrected chi connectivity index (χ1v) is 11.6. The second-order valence-electron chi connectivity index (χ2n) is 8.52. The summed E-state index contributed by atoms with van der Waals surface area (Å²) in [6, 6.07) is 37.5. The molecule has 0 spiro atoms. The van der Waals surface area contributed by atoms with Gasteiger partial charge in [0, 0.05) is 11.1 Å². The Morgan fingerprint density at radius 3 is 1.19 bits per heavy atom. The number of benzene rings is 6. The van der Waals surface area contributed by atoms with Crippen molar-refractivity contribution in [3.8, 4) is 45.6 Å². The summed E-state index contributed by atoms with van der Waals surface area (Å²) >= 11 is 0. The summed E-state index contributed by atoms with van der Waals surface area (Å²) in [7, 11) is 0. The Morgan fingerprint density at radius 1 is 0.389 bits per heavy atom. The zero-order valence-corrected chi connectivity index (χ0v) is 19.3. The van der Waals surface area contributed by atoms with Gasteiger partial charge in [-0.2, -0.15) is 0 Å². The number of hydrogen-bond acceptors (Lipinski definition) is 4. The maximum atomic E-state index is 11.0. The van der Waals surface area contributed by atoms with E-state index < -0.39 is 0 Å². The van der Waals surface area contributed by atoms with E-state index in [1.54, 1.807) is 12.1 Å². The van der Waals surface area contributed by atoms with Crippen LogP contribution in [0, 0.1) is 0 Å². The standard InChI is InChI=1S/C32H22O4/c33-29-17-13-21-11-15-25(35-23-7-3-1-4-8-23)19-27(21)31(29)32-28-20-26(36-24-9-5-2-6-10-24)16-12-22(28)14-18-30(32)34/h1-20,33-34H. The molecule has 0 aliphatic rings. The van der Waals surface area contributed by atoms with Crippen LogP contribution in [0.15, 0.2) is 121 Å². The molecule has 0 aromatic heterocycles. The molecule has 6 rings (SSSR count). The summed E-state index contributed by atoms with van der Waals surface area (Å²) < 4.78 is 12.1. The van der Waals surface area contributed by atoms with Crippen LogP contribution in [-0.4, -0.2) is 10.2 Å². The Hall–Kier alpha value is -4.96. The van der Waals surface area contributed by atoms with Gasteiger partial charge in [0.05, 0.1) is 0 Å². The Labute approximate surface area is 208 Å². The van der Waals surface area contributed by atoms with Gasteiger partial charge in [-0.15, -0.1) is 0 Å². The van der Waals surface area contributed by atoms with Crippen LogP contribution in [0.1, 0.15) is 0 Å². The molecule has 4 nitrogen and oxygen atoms in total.